The van der Waals surface area contributed by atoms with E-state index in [1.54, 1.807) is 16.7 Å². The third-order valence-corrected chi connectivity index (χ3v) is 17.9. The molecule has 1 saturated heterocycles. The SMILES string of the molecule is C1=CCC2C(=C1)C1C=C3C(CC1C21CCCCC1)c1c(C2=CCC(c4ccc(C5NC(C6=CCCC=C6)NC(C6=CCCCC6)N5)cc4)C=C2)cccc1C31CCCCC1. The number of nitrogens with one attached hydrogen (secondary N) is 3. The van der Waals surface area contributed by atoms with E-state index in [0.717, 1.165) is 31.1 Å². The summed E-state index contributed by atoms with van der Waals surface area (Å²) in [5, 5.41) is 11.8. The van der Waals surface area contributed by atoms with Gasteiger partial charge in [0.1, 0.15) is 0 Å². The van der Waals surface area contributed by atoms with E-state index >= 15 is 0 Å². The molecule has 0 radical (unpaired) electrons. The van der Waals surface area contributed by atoms with E-state index in [4.69, 9.17) is 0 Å². The molecule has 4 fully saturated rings. The molecule has 9 aliphatic carbocycles. The molecule has 1 aliphatic heterocycles. The predicted octanol–water partition coefficient (Wildman–Crippen LogP) is 13.4. The van der Waals surface area contributed by atoms with Gasteiger partial charge >= 0.3 is 0 Å². The van der Waals surface area contributed by atoms with Crippen LogP contribution in [-0.4, -0.2) is 12.3 Å². The molecule has 12 rings (SSSR count). The number of benzene rings is 2. The van der Waals surface area contributed by atoms with Crippen LogP contribution in [0.1, 0.15) is 168 Å². The zero-order valence-electron chi connectivity index (χ0n) is 35.9. The molecule has 0 bridgehead atoms. The quantitative estimate of drug-likeness (QED) is 0.264. The molecule has 10 aliphatic rings. The number of fused-ring (bicyclic) bond motifs is 10. The number of hydrogen-bond acceptors (Lipinski definition) is 3. The van der Waals surface area contributed by atoms with E-state index < -0.39 is 0 Å². The smallest absolute Gasteiger partial charge is 0.0864 e. The molecule has 1 heterocycles. The Morgan fingerprint density at radius 2 is 1.47 bits per heavy atom. The van der Waals surface area contributed by atoms with Crippen molar-refractivity contribution in [2.45, 2.75) is 158 Å². The van der Waals surface area contributed by atoms with Gasteiger partial charge in [-0.2, -0.15) is 0 Å². The van der Waals surface area contributed by atoms with Crippen LogP contribution in [-0.2, 0) is 5.41 Å². The molecule has 2 aromatic rings. The Balaban J connectivity index is 0.822. The minimum Gasteiger partial charge on any atom is -0.279 e. The molecule has 0 amide bonds. The lowest BCUT2D eigenvalue weighted by Crippen LogP contribution is -2.64. The minimum atomic E-state index is 0.0963. The second-order valence-electron chi connectivity index (χ2n) is 20.7. The summed E-state index contributed by atoms with van der Waals surface area (Å²) in [5.74, 6) is 3.22. The van der Waals surface area contributed by atoms with Crippen molar-refractivity contribution >= 4 is 5.57 Å². The van der Waals surface area contributed by atoms with Crippen molar-refractivity contribution in [1.29, 1.82) is 0 Å². The van der Waals surface area contributed by atoms with Crippen LogP contribution in [0.5, 0.6) is 0 Å². The van der Waals surface area contributed by atoms with E-state index in [9.17, 15) is 0 Å². The zero-order chi connectivity index (χ0) is 39.7. The Hall–Kier alpha value is -3.76. The van der Waals surface area contributed by atoms with Crippen LogP contribution in [0.3, 0.4) is 0 Å². The Bertz CT molecular complexity index is 2240. The van der Waals surface area contributed by atoms with Crippen LogP contribution in [0.4, 0.5) is 0 Å². The molecule has 3 saturated carbocycles. The maximum atomic E-state index is 3.96. The van der Waals surface area contributed by atoms with Gasteiger partial charge in [-0.1, -0.05) is 159 Å². The summed E-state index contributed by atoms with van der Waals surface area (Å²) >= 11 is 0. The van der Waals surface area contributed by atoms with Crippen LogP contribution >= 0.6 is 0 Å². The monoisotopic (exact) mass is 794 g/mol. The fraction of sp³-hybridized carbons (Fsp3) is 0.509. The molecule has 8 atom stereocenters. The van der Waals surface area contributed by atoms with Gasteiger partial charge in [0, 0.05) is 23.2 Å². The highest BCUT2D eigenvalue weighted by Crippen LogP contribution is 2.71. The van der Waals surface area contributed by atoms with E-state index in [1.165, 1.54) is 131 Å². The summed E-state index contributed by atoms with van der Waals surface area (Å²) in [6.45, 7) is 0. The van der Waals surface area contributed by atoms with E-state index in [-0.39, 0.29) is 23.9 Å². The van der Waals surface area contributed by atoms with Gasteiger partial charge in [-0.05, 0) is 145 Å². The second-order valence-corrected chi connectivity index (χ2v) is 20.7. The lowest BCUT2D eigenvalue weighted by molar-refractivity contribution is 0.0597. The van der Waals surface area contributed by atoms with Crippen LogP contribution in [0.2, 0.25) is 0 Å². The zero-order valence-corrected chi connectivity index (χ0v) is 35.9. The van der Waals surface area contributed by atoms with Crippen molar-refractivity contribution in [3.05, 3.63) is 159 Å². The molecular weight excluding hydrogens is 727 g/mol. The molecule has 2 aromatic carbocycles. The van der Waals surface area contributed by atoms with E-state index in [1.807, 2.05) is 11.1 Å². The van der Waals surface area contributed by atoms with Crippen LogP contribution < -0.4 is 16.0 Å². The fourth-order valence-electron chi connectivity index (χ4n) is 15.1. The molecule has 2 spiro atoms. The summed E-state index contributed by atoms with van der Waals surface area (Å²) in [7, 11) is 0. The summed E-state index contributed by atoms with van der Waals surface area (Å²) in [4.78, 5) is 0. The van der Waals surface area contributed by atoms with Gasteiger partial charge in [0.15, 0.2) is 0 Å². The number of rotatable bonds is 5. The van der Waals surface area contributed by atoms with Gasteiger partial charge < -0.3 is 0 Å². The van der Waals surface area contributed by atoms with Crippen molar-refractivity contribution in [2.24, 2.45) is 23.2 Å². The van der Waals surface area contributed by atoms with Gasteiger partial charge in [-0.25, -0.2) is 0 Å². The maximum Gasteiger partial charge on any atom is 0.0864 e. The first-order valence-corrected chi connectivity index (χ1v) is 24.7. The molecule has 8 unspecified atom stereocenters. The van der Waals surface area contributed by atoms with Gasteiger partial charge in [0.05, 0.1) is 18.5 Å². The van der Waals surface area contributed by atoms with Crippen molar-refractivity contribution in [3.63, 3.8) is 0 Å². The summed E-state index contributed by atoms with van der Waals surface area (Å²) in [5.41, 5.74) is 16.5. The topological polar surface area (TPSA) is 36.1 Å². The van der Waals surface area contributed by atoms with Gasteiger partial charge in [0.2, 0.25) is 0 Å². The lowest BCUT2D eigenvalue weighted by Gasteiger charge is -2.47. The molecule has 3 nitrogen and oxygen atoms in total. The number of allylic oxidation sites excluding steroid dienone is 13. The van der Waals surface area contributed by atoms with Gasteiger partial charge in [0.25, 0.3) is 0 Å². The minimum absolute atomic E-state index is 0.0963. The first-order valence-electron chi connectivity index (χ1n) is 24.7. The third kappa shape index (κ3) is 6.22. The third-order valence-electron chi connectivity index (χ3n) is 17.9. The van der Waals surface area contributed by atoms with Crippen LogP contribution in [0.15, 0.2) is 132 Å². The highest BCUT2D eigenvalue weighted by Gasteiger charge is 2.61. The molecule has 60 heavy (non-hydrogen) atoms. The standard InChI is InChI=1S/C57H67N3/c1-5-16-41(17-6-1)53-58-54(42-18-7-2-8-19-42)60-55(59-53)43-30-26-39(27-31-43)38-24-28-40(29-25-38)44-21-15-23-49-52(44)47-37-50-46(36-51(47)57(49)34-13-4-14-35-57)45-20-9-10-22-48(45)56(50)32-11-3-12-33-56/h5,9-10,15-18,20-21,23-24,26-31,36,38,46-48,50,53-55,58-60H,1-4,6-8,11-14,19,22,25,32-35,37H2. The number of hydrogen-bond donors (Lipinski definition) is 3. The van der Waals surface area contributed by atoms with Crippen molar-refractivity contribution in [2.75, 3.05) is 0 Å². The van der Waals surface area contributed by atoms with E-state index in [0.29, 0.717) is 23.2 Å². The lowest BCUT2D eigenvalue weighted by atomic mass is 9.57. The first-order chi connectivity index (χ1) is 29.7. The first kappa shape index (κ1) is 38.0. The van der Waals surface area contributed by atoms with Crippen molar-refractivity contribution < 1.29 is 0 Å². The van der Waals surface area contributed by atoms with Crippen LogP contribution in [0, 0.1) is 23.2 Å². The summed E-state index contributed by atoms with van der Waals surface area (Å²) < 4.78 is 0. The largest absolute Gasteiger partial charge is 0.279 e. The Kier molecular flexibility index (Phi) is 9.84. The Morgan fingerprint density at radius 1 is 0.650 bits per heavy atom. The predicted molar refractivity (Wildman–Crippen MR) is 248 cm³/mol. The summed E-state index contributed by atoms with van der Waals surface area (Å²) in [6, 6.07) is 17.1. The fourth-order valence-corrected chi connectivity index (χ4v) is 15.1. The highest BCUT2D eigenvalue weighted by molar-refractivity contribution is 5.81. The summed E-state index contributed by atoms with van der Waals surface area (Å²) in [6.07, 6.45) is 53.1. The van der Waals surface area contributed by atoms with Gasteiger partial charge in [-0.15, -0.1) is 0 Å². The highest BCUT2D eigenvalue weighted by atomic mass is 15.4. The molecular formula is C57H67N3. The Morgan fingerprint density at radius 3 is 2.25 bits per heavy atom. The van der Waals surface area contributed by atoms with E-state index in [2.05, 4.69) is 125 Å². The molecule has 3 N–H and O–H groups in total. The average molecular weight is 794 g/mol. The molecule has 3 heteroatoms. The normalized spacial score (nSPS) is 34.8. The molecule has 310 valence electrons. The second kappa shape index (κ2) is 15.5. The average Bonchev–Trinajstić information content (AvgIpc) is 3.74. The van der Waals surface area contributed by atoms with Crippen LogP contribution in [0.25, 0.3) is 5.57 Å². The Labute approximate surface area is 360 Å². The van der Waals surface area contributed by atoms with Crippen molar-refractivity contribution in [3.8, 4) is 0 Å². The maximum absolute atomic E-state index is 3.96. The van der Waals surface area contributed by atoms with Gasteiger partial charge in [-0.3, -0.25) is 16.0 Å². The van der Waals surface area contributed by atoms with Crippen molar-refractivity contribution in [1.82, 2.24) is 16.0 Å². The molecule has 0 aromatic heterocycles.